The number of rotatable bonds is 6. The SMILES string of the molecule is O.O=C(O)Cc1c(NC(c2ccccc2)c2ccccc2)[nH]c2ccccc12. The number of carboxylic acid groups (broad SMARTS) is 1. The standard InChI is InChI=1S/C23H20N2O2.H2O/c26-21(27)15-19-18-13-7-8-14-20(18)24-23(19)25-22(16-9-3-1-4-10-16)17-11-5-2-6-12-17;/h1-14,22,24-25H,15H2,(H,26,27);1H2. The molecule has 5 heteroatoms. The first-order valence-electron chi connectivity index (χ1n) is 8.90. The summed E-state index contributed by atoms with van der Waals surface area (Å²) in [4.78, 5) is 14.8. The van der Waals surface area contributed by atoms with Crippen LogP contribution in [0.15, 0.2) is 84.9 Å². The quantitative estimate of drug-likeness (QED) is 0.472. The number of benzene rings is 3. The maximum Gasteiger partial charge on any atom is 0.307 e. The van der Waals surface area contributed by atoms with Crippen molar-refractivity contribution in [3.63, 3.8) is 0 Å². The number of hydrogen-bond donors (Lipinski definition) is 3. The molecule has 4 aromatic rings. The van der Waals surface area contributed by atoms with Crippen LogP contribution in [0.2, 0.25) is 0 Å². The van der Waals surface area contributed by atoms with Gasteiger partial charge in [0, 0.05) is 16.5 Å². The normalized spacial score (nSPS) is 10.6. The topological polar surface area (TPSA) is 96.6 Å². The Bertz CT molecular complexity index is 1020. The number of anilines is 1. The van der Waals surface area contributed by atoms with Crippen molar-refractivity contribution in [2.24, 2.45) is 0 Å². The molecule has 0 bridgehead atoms. The van der Waals surface area contributed by atoms with E-state index in [0.29, 0.717) is 0 Å². The predicted octanol–water partition coefficient (Wildman–Crippen LogP) is 4.17. The van der Waals surface area contributed by atoms with Crippen molar-refractivity contribution in [2.75, 3.05) is 5.32 Å². The molecule has 0 aliphatic rings. The average Bonchev–Trinajstić information content (AvgIpc) is 3.04. The fourth-order valence-corrected chi connectivity index (χ4v) is 3.45. The molecule has 0 unspecified atom stereocenters. The molecule has 0 amide bonds. The predicted molar refractivity (Wildman–Crippen MR) is 112 cm³/mol. The van der Waals surface area contributed by atoms with Crippen LogP contribution < -0.4 is 5.32 Å². The van der Waals surface area contributed by atoms with Crippen LogP contribution in [-0.4, -0.2) is 21.5 Å². The summed E-state index contributed by atoms with van der Waals surface area (Å²) in [7, 11) is 0. The lowest BCUT2D eigenvalue weighted by Gasteiger charge is -2.21. The van der Waals surface area contributed by atoms with Gasteiger partial charge in [-0.05, 0) is 17.2 Å². The minimum Gasteiger partial charge on any atom is -0.481 e. The van der Waals surface area contributed by atoms with Crippen LogP contribution >= 0.6 is 0 Å². The van der Waals surface area contributed by atoms with Gasteiger partial charge < -0.3 is 20.9 Å². The van der Waals surface area contributed by atoms with E-state index in [1.54, 1.807) is 0 Å². The maximum absolute atomic E-state index is 11.4. The number of carbonyl (C=O) groups is 1. The molecule has 0 aliphatic carbocycles. The van der Waals surface area contributed by atoms with Gasteiger partial charge in [0.15, 0.2) is 0 Å². The molecule has 3 aromatic carbocycles. The largest absolute Gasteiger partial charge is 0.481 e. The van der Waals surface area contributed by atoms with E-state index in [-0.39, 0.29) is 17.9 Å². The van der Waals surface area contributed by atoms with Gasteiger partial charge in [0.25, 0.3) is 0 Å². The average molecular weight is 374 g/mol. The second-order valence-electron chi connectivity index (χ2n) is 6.49. The molecule has 142 valence electrons. The second-order valence-corrected chi connectivity index (χ2v) is 6.49. The monoisotopic (exact) mass is 374 g/mol. The summed E-state index contributed by atoms with van der Waals surface area (Å²) in [6.45, 7) is 0. The number of aromatic nitrogens is 1. The minimum atomic E-state index is -0.848. The molecule has 1 aromatic heterocycles. The van der Waals surface area contributed by atoms with E-state index in [1.807, 2.05) is 60.7 Å². The number of fused-ring (bicyclic) bond motifs is 1. The molecule has 0 spiro atoms. The van der Waals surface area contributed by atoms with E-state index in [9.17, 15) is 9.90 Å². The summed E-state index contributed by atoms with van der Waals surface area (Å²) < 4.78 is 0. The van der Waals surface area contributed by atoms with E-state index in [0.717, 1.165) is 33.4 Å². The molecule has 0 saturated heterocycles. The summed E-state index contributed by atoms with van der Waals surface area (Å²) in [5.41, 5.74) is 3.93. The molecule has 4 rings (SSSR count). The van der Waals surface area contributed by atoms with Gasteiger partial charge in [-0.25, -0.2) is 0 Å². The van der Waals surface area contributed by atoms with E-state index in [2.05, 4.69) is 34.6 Å². The molecule has 28 heavy (non-hydrogen) atoms. The number of aliphatic carboxylic acids is 1. The van der Waals surface area contributed by atoms with Gasteiger partial charge in [-0.3, -0.25) is 4.79 Å². The van der Waals surface area contributed by atoms with E-state index >= 15 is 0 Å². The van der Waals surface area contributed by atoms with Gasteiger partial charge in [0.05, 0.1) is 12.5 Å². The Morgan fingerprint density at radius 3 is 1.96 bits per heavy atom. The van der Waals surface area contributed by atoms with E-state index in [1.165, 1.54) is 0 Å². The summed E-state index contributed by atoms with van der Waals surface area (Å²) in [6, 6.07) is 28.0. The fraction of sp³-hybridized carbons (Fsp3) is 0.0870. The van der Waals surface area contributed by atoms with Crippen LogP contribution in [-0.2, 0) is 11.2 Å². The maximum atomic E-state index is 11.4. The highest BCUT2D eigenvalue weighted by Gasteiger charge is 2.19. The van der Waals surface area contributed by atoms with Gasteiger partial charge in [0.2, 0.25) is 0 Å². The number of carboxylic acids is 1. The lowest BCUT2D eigenvalue weighted by Crippen LogP contribution is -2.14. The number of aromatic amines is 1. The van der Waals surface area contributed by atoms with Crippen LogP contribution in [0, 0.1) is 0 Å². The molecular formula is C23H22N2O3. The first-order chi connectivity index (χ1) is 13.2. The molecule has 0 saturated carbocycles. The summed E-state index contributed by atoms with van der Waals surface area (Å²) in [6.07, 6.45) is -0.0390. The molecule has 0 atom stereocenters. The zero-order chi connectivity index (χ0) is 18.6. The molecule has 5 nitrogen and oxygen atoms in total. The molecule has 1 heterocycles. The number of H-pyrrole nitrogens is 1. The van der Waals surface area contributed by atoms with Crippen LogP contribution in [0.4, 0.5) is 5.82 Å². The van der Waals surface area contributed by atoms with Gasteiger partial charge in [-0.15, -0.1) is 0 Å². The summed E-state index contributed by atoms with van der Waals surface area (Å²) in [5.74, 6) is -0.102. The van der Waals surface area contributed by atoms with Crippen LogP contribution in [0.25, 0.3) is 10.9 Å². The van der Waals surface area contributed by atoms with E-state index < -0.39 is 5.97 Å². The molecule has 5 N–H and O–H groups in total. The third kappa shape index (κ3) is 3.89. The zero-order valence-corrected chi connectivity index (χ0v) is 15.2. The first-order valence-corrected chi connectivity index (χ1v) is 8.90. The lowest BCUT2D eigenvalue weighted by molar-refractivity contribution is -0.136. The highest BCUT2D eigenvalue weighted by Crippen LogP contribution is 2.32. The Kier molecular flexibility index (Phi) is 5.77. The van der Waals surface area contributed by atoms with Gasteiger partial charge >= 0.3 is 5.97 Å². The Labute approximate surface area is 163 Å². The van der Waals surface area contributed by atoms with Crippen LogP contribution in [0.3, 0.4) is 0 Å². The molecule has 0 fully saturated rings. The number of para-hydroxylation sites is 1. The third-order valence-corrected chi connectivity index (χ3v) is 4.70. The lowest BCUT2D eigenvalue weighted by atomic mass is 9.98. The fourth-order valence-electron chi connectivity index (χ4n) is 3.45. The molecule has 0 aliphatic heterocycles. The van der Waals surface area contributed by atoms with E-state index in [4.69, 9.17) is 0 Å². The molecule has 0 radical (unpaired) electrons. The van der Waals surface area contributed by atoms with Gasteiger partial charge in [0.1, 0.15) is 5.82 Å². The Morgan fingerprint density at radius 1 is 0.857 bits per heavy atom. The van der Waals surface area contributed by atoms with Crippen molar-refractivity contribution < 1.29 is 15.4 Å². The van der Waals surface area contributed by atoms with Gasteiger partial charge in [-0.2, -0.15) is 0 Å². The van der Waals surface area contributed by atoms with Crippen molar-refractivity contribution in [3.8, 4) is 0 Å². The second kappa shape index (κ2) is 8.41. The summed E-state index contributed by atoms with van der Waals surface area (Å²) in [5, 5.41) is 13.9. The highest BCUT2D eigenvalue weighted by molar-refractivity contribution is 5.92. The summed E-state index contributed by atoms with van der Waals surface area (Å²) >= 11 is 0. The number of nitrogens with one attached hydrogen (secondary N) is 2. The van der Waals surface area contributed by atoms with Crippen molar-refractivity contribution in [1.82, 2.24) is 4.98 Å². The van der Waals surface area contributed by atoms with Crippen molar-refractivity contribution >= 4 is 22.7 Å². The first kappa shape index (κ1) is 19.2. The highest BCUT2D eigenvalue weighted by atomic mass is 16.4. The van der Waals surface area contributed by atoms with Crippen LogP contribution in [0.1, 0.15) is 22.7 Å². The van der Waals surface area contributed by atoms with Gasteiger partial charge in [-0.1, -0.05) is 78.9 Å². The number of hydrogen-bond acceptors (Lipinski definition) is 2. The smallest absolute Gasteiger partial charge is 0.307 e. The Balaban J connectivity index is 0.00000225. The Hall–Kier alpha value is -3.57. The third-order valence-electron chi connectivity index (χ3n) is 4.70. The molecular weight excluding hydrogens is 352 g/mol. The Morgan fingerprint density at radius 2 is 1.39 bits per heavy atom. The van der Waals surface area contributed by atoms with Crippen molar-refractivity contribution in [2.45, 2.75) is 12.5 Å². The zero-order valence-electron chi connectivity index (χ0n) is 15.2. The van der Waals surface area contributed by atoms with Crippen molar-refractivity contribution in [1.29, 1.82) is 0 Å². The van der Waals surface area contributed by atoms with Crippen molar-refractivity contribution in [3.05, 3.63) is 102 Å². The minimum absolute atomic E-state index is 0. The van der Waals surface area contributed by atoms with Crippen LogP contribution in [0.5, 0.6) is 0 Å².